The molecule has 3 heterocycles. The minimum absolute atomic E-state index is 0.203. The van der Waals surface area contributed by atoms with E-state index in [1.54, 1.807) is 31.5 Å². The fraction of sp³-hybridized carbons (Fsp3) is 0.333. The molecular weight excluding hydrogens is 534 g/mol. The highest BCUT2D eigenvalue weighted by Gasteiger charge is 2.29. The van der Waals surface area contributed by atoms with Gasteiger partial charge >= 0.3 is 11.9 Å². The van der Waals surface area contributed by atoms with E-state index in [9.17, 15) is 9.59 Å². The number of carboxylic acid groups (broad SMARTS) is 2. The predicted octanol–water partition coefficient (Wildman–Crippen LogP) is 3.51. The maximum absolute atomic E-state index is 9.77. The van der Waals surface area contributed by atoms with Crippen molar-refractivity contribution in [3.8, 4) is 0 Å². The van der Waals surface area contributed by atoms with Crippen molar-refractivity contribution in [1.82, 2.24) is 14.9 Å². The van der Waals surface area contributed by atoms with Crippen molar-refractivity contribution in [2.45, 2.75) is 51.3 Å². The summed E-state index contributed by atoms with van der Waals surface area (Å²) >= 11 is 6.30. The van der Waals surface area contributed by atoms with Crippen molar-refractivity contribution < 1.29 is 38.2 Å². The van der Waals surface area contributed by atoms with E-state index in [4.69, 9.17) is 40.3 Å². The summed E-state index contributed by atoms with van der Waals surface area (Å²) in [6.45, 7) is -3.29. The molecule has 10 heteroatoms. The third-order valence-corrected chi connectivity index (χ3v) is 6.42. The van der Waals surface area contributed by atoms with Crippen LogP contribution in [0.2, 0.25) is 5.02 Å². The van der Waals surface area contributed by atoms with Crippen LogP contribution in [-0.4, -0.2) is 72.5 Å². The maximum Gasteiger partial charge on any atom is 0.335 e. The molecule has 0 bridgehead atoms. The number of nitrogens with zero attached hydrogens (tertiary/aromatic N) is 3. The van der Waals surface area contributed by atoms with Crippen molar-refractivity contribution in [3.63, 3.8) is 0 Å². The number of aliphatic hydroxyl groups is 2. The summed E-state index contributed by atoms with van der Waals surface area (Å²) in [4.78, 5) is 29.3. The van der Waals surface area contributed by atoms with Gasteiger partial charge in [0, 0.05) is 56.9 Å². The second-order valence-corrected chi connectivity index (χ2v) is 9.55. The van der Waals surface area contributed by atoms with Crippen LogP contribution in [0.1, 0.15) is 54.5 Å². The van der Waals surface area contributed by atoms with E-state index in [2.05, 4.69) is 9.97 Å². The Bertz CT molecular complexity index is 1630. The molecule has 2 aliphatic rings. The number of hydrogen-bond acceptors (Lipinski definition) is 7. The molecule has 0 saturated carbocycles. The van der Waals surface area contributed by atoms with Gasteiger partial charge in [0.1, 0.15) is 0 Å². The first-order valence-corrected chi connectivity index (χ1v) is 12.6. The van der Waals surface area contributed by atoms with E-state index in [0.717, 1.165) is 27.2 Å². The molecule has 6 atom stereocenters. The second kappa shape index (κ2) is 13.1. The van der Waals surface area contributed by atoms with Gasteiger partial charge in [-0.25, -0.2) is 9.59 Å². The number of aliphatic hydroxyl groups excluding tert-OH is 2. The highest BCUT2D eigenvalue weighted by molar-refractivity contribution is 6.30. The molecule has 0 radical (unpaired) electrons. The first-order chi connectivity index (χ1) is 21.6. The number of fused-ring (bicyclic) bond motifs is 2. The lowest BCUT2D eigenvalue weighted by Crippen LogP contribution is -2.39. The Labute approximate surface area is 245 Å². The lowest BCUT2D eigenvalue weighted by atomic mass is 9.88. The molecule has 9 nitrogen and oxygen atoms in total. The number of aliphatic carboxylic acids is 2. The molecule has 1 aliphatic carbocycles. The van der Waals surface area contributed by atoms with E-state index in [1.165, 1.54) is 6.20 Å². The highest BCUT2D eigenvalue weighted by atomic mass is 35.5. The van der Waals surface area contributed by atoms with Crippen LogP contribution < -0.4 is 0 Å². The zero-order valence-corrected chi connectivity index (χ0v) is 22.2. The number of likely N-dealkylation sites (tertiary alicyclic amines) is 1. The van der Waals surface area contributed by atoms with E-state index in [-0.39, 0.29) is 5.56 Å². The summed E-state index contributed by atoms with van der Waals surface area (Å²) in [5.41, 5.74) is 5.26. The molecule has 1 aromatic carbocycles. The lowest BCUT2D eigenvalue weighted by Gasteiger charge is -2.30. The molecule has 3 aromatic rings. The lowest BCUT2D eigenvalue weighted by molar-refractivity contribution is -0.165. The number of aryl methyl sites for hydroxylation is 3. The van der Waals surface area contributed by atoms with E-state index in [1.807, 2.05) is 24.3 Å². The van der Waals surface area contributed by atoms with Gasteiger partial charge in [0.2, 0.25) is 0 Å². The Morgan fingerprint density at radius 3 is 2.38 bits per heavy atom. The van der Waals surface area contributed by atoms with Gasteiger partial charge in [0.15, 0.2) is 12.2 Å². The Hall–Kier alpha value is -3.63. The van der Waals surface area contributed by atoms with Gasteiger partial charge in [-0.15, -0.1) is 0 Å². The van der Waals surface area contributed by atoms with Crippen LogP contribution in [0.25, 0.3) is 5.57 Å². The summed E-state index contributed by atoms with van der Waals surface area (Å²) in [7, 11) is 0. The van der Waals surface area contributed by atoms with Gasteiger partial charge in [0.05, 0.1) is 5.69 Å². The summed E-state index contributed by atoms with van der Waals surface area (Å²) in [5.74, 6) is -3.54. The number of rotatable bonds is 5. The monoisotopic (exact) mass is 571 g/mol. The summed E-state index contributed by atoms with van der Waals surface area (Å²) in [5, 5.41) is 33.1. The van der Waals surface area contributed by atoms with E-state index >= 15 is 0 Å². The number of piperidine rings is 1. The number of carbonyl (C=O) groups is 2. The van der Waals surface area contributed by atoms with Gasteiger partial charge in [-0.2, -0.15) is 0 Å². The Kier molecular flexibility index (Phi) is 7.27. The van der Waals surface area contributed by atoms with Crippen molar-refractivity contribution in [1.29, 1.82) is 0 Å². The van der Waals surface area contributed by atoms with Crippen LogP contribution >= 0.6 is 11.6 Å². The molecule has 1 aliphatic heterocycles. The van der Waals surface area contributed by atoms with Crippen molar-refractivity contribution >= 4 is 29.1 Å². The number of pyridine rings is 2. The number of benzene rings is 1. The quantitative estimate of drug-likeness (QED) is 0.361. The maximum atomic E-state index is 9.77. The molecule has 0 amide bonds. The van der Waals surface area contributed by atoms with E-state index < -0.39 is 56.5 Å². The summed E-state index contributed by atoms with van der Waals surface area (Å²) in [6.07, 6.45) is -0.994. The fourth-order valence-electron chi connectivity index (χ4n) is 4.27. The molecule has 0 spiro atoms. The zero-order chi connectivity index (χ0) is 34.1. The Balaban J connectivity index is 0.000000416. The number of aromatic nitrogens is 2. The molecule has 1 fully saturated rings. The van der Waals surface area contributed by atoms with Crippen LogP contribution in [0.3, 0.4) is 0 Å². The predicted molar refractivity (Wildman–Crippen MR) is 150 cm³/mol. The molecule has 4 N–H and O–H groups in total. The van der Waals surface area contributed by atoms with Gasteiger partial charge in [0.25, 0.3) is 0 Å². The number of halogens is 1. The van der Waals surface area contributed by atoms with Crippen molar-refractivity contribution in [2.75, 3.05) is 13.0 Å². The minimum atomic E-state index is -2.27. The number of carboxylic acids is 2. The zero-order valence-electron chi connectivity index (χ0n) is 27.4. The third-order valence-electron chi connectivity index (χ3n) is 6.18. The average Bonchev–Trinajstić information content (AvgIpc) is 3.16. The van der Waals surface area contributed by atoms with Gasteiger partial charge in [-0.05, 0) is 78.6 Å². The second-order valence-electron chi connectivity index (χ2n) is 9.11. The van der Waals surface area contributed by atoms with Gasteiger partial charge in [-0.3, -0.25) is 14.9 Å². The van der Waals surface area contributed by atoms with Crippen LogP contribution in [0, 0.1) is 6.92 Å². The topological polar surface area (TPSA) is 144 Å². The summed E-state index contributed by atoms with van der Waals surface area (Å²) in [6, 6.07) is 11.0. The van der Waals surface area contributed by atoms with E-state index in [0.29, 0.717) is 34.7 Å². The molecule has 2 aromatic heterocycles. The molecule has 40 heavy (non-hydrogen) atoms. The summed E-state index contributed by atoms with van der Waals surface area (Å²) < 4.78 is 53.6. The largest absolute Gasteiger partial charge is 0.479 e. The van der Waals surface area contributed by atoms with Crippen LogP contribution in [-0.2, 0) is 28.9 Å². The molecule has 4 unspecified atom stereocenters. The SMILES string of the molecule is O=C(O)[C@@H](O)[C@H](O)C(=O)O.[2H]C1C(=C2c3ccc(Cl)cc3CCc3cccnc32)C([2H])C([2H])N(C([2H])([2H])c2cncc(C)c2)C1[2H]. The third kappa shape index (κ3) is 7.11. The van der Waals surface area contributed by atoms with Crippen molar-refractivity contribution in [2.24, 2.45) is 0 Å². The molecule has 1 saturated heterocycles. The molecule has 5 rings (SSSR count). The van der Waals surface area contributed by atoms with Crippen LogP contribution in [0.4, 0.5) is 0 Å². The van der Waals surface area contributed by atoms with Gasteiger partial charge < -0.3 is 20.4 Å². The van der Waals surface area contributed by atoms with Gasteiger partial charge in [-0.1, -0.05) is 35.4 Å². The minimum Gasteiger partial charge on any atom is -0.479 e. The molecular formula is C30H32ClN3O6. The Morgan fingerprint density at radius 2 is 1.73 bits per heavy atom. The van der Waals surface area contributed by atoms with Crippen molar-refractivity contribution in [3.05, 3.63) is 99.1 Å². The average molecular weight is 572 g/mol. The standard InChI is InChI=1S/C26H26ClN3.C4H6O6/c1-18-13-19(16-28-15-18)17-30-11-8-20(9-12-30)25-24-7-6-23(27)14-22(24)5-4-21-3-2-10-29-26(21)25;5-1(3(7)8)2(6)4(9)10/h2-3,6-7,10,13-16H,4-5,8-9,11-12,17H2,1H3;1-2,5-6H,(H,7,8)(H,9,10)/t;1-,2-/m.0/s1/i8D,9D,11D,12D,17D2;. The Morgan fingerprint density at radius 1 is 1.05 bits per heavy atom. The molecule has 210 valence electrons. The number of hydrogen-bond donors (Lipinski definition) is 4. The normalized spacial score (nSPS) is 26.4. The van der Waals surface area contributed by atoms with Crippen LogP contribution in [0.15, 0.2) is 60.6 Å². The van der Waals surface area contributed by atoms with Crippen LogP contribution in [0.5, 0.6) is 0 Å². The highest BCUT2D eigenvalue weighted by Crippen LogP contribution is 2.38. The first-order valence-electron chi connectivity index (χ1n) is 15.6. The first kappa shape index (κ1) is 22.1. The fourth-order valence-corrected chi connectivity index (χ4v) is 4.47. The smallest absolute Gasteiger partial charge is 0.335 e.